The van der Waals surface area contributed by atoms with Gasteiger partial charge < -0.3 is 16.0 Å². The average Bonchev–Trinajstić information content (AvgIpc) is 3.36. The molecule has 1 aromatic heterocycles. The van der Waals surface area contributed by atoms with Crippen LogP contribution in [0.1, 0.15) is 5.56 Å². The highest BCUT2D eigenvalue weighted by Gasteiger charge is 2.12. The Morgan fingerprint density at radius 2 is 1.46 bits per heavy atom. The highest BCUT2D eigenvalue weighted by Crippen LogP contribution is 2.31. The van der Waals surface area contributed by atoms with Crippen LogP contribution in [-0.2, 0) is 14.4 Å². The van der Waals surface area contributed by atoms with Crippen molar-refractivity contribution in [2.75, 3.05) is 33.2 Å². The van der Waals surface area contributed by atoms with Gasteiger partial charge >= 0.3 is 0 Å². The average molecular weight is 621 g/mol. The Morgan fingerprint density at radius 1 is 0.780 bits per heavy atom. The first kappa shape index (κ1) is 28.9. The number of nitrogens with zero attached hydrogens (tertiary/aromatic N) is 1. The molecule has 0 aliphatic rings. The van der Waals surface area contributed by atoms with E-state index in [1.807, 2.05) is 67.6 Å². The van der Waals surface area contributed by atoms with Crippen molar-refractivity contribution in [1.82, 2.24) is 4.98 Å². The normalized spacial score (nSPS) is 11.0. The number of fused-ring (bicyclic) bond motifs is 2. The number of hydrogen-bond donors (Lipinski definition) is 3. The zero-order chi connectivity index (χ0) is 28.8. The number of rotatable bonds is 10. The van der Waals surface area contributed by atoms with Crippen molar-refractivity contribution in [3.8, 4) is 0 Å². The number of anilines is 3. The highest BCUT2D eigenvalue weighted by molar-refractivity contribution is 8.01. The van der Waals surface area contributed by atoms with Crippen LogP contribution in [0.3, 0.4) is 0 Å². The summed E-state index contributed by atoms with van der Waals surface area (Å²) in [4.78, 5) is 41.8. The number of carbonyl (C=O) groups is 3. The molecule has 0 saturated carbocycles. The van der Waals surface area contributed by atoms with Crippen LogP contribution in [0, 0.1) is 6.92 Å². The van der Waals surface area contributed by atoms with Crippen LogP contribution < -0.4 is 16.0 Å². The Morgan fingerprint density at radius 3 is 2.24 bits per heavy atom. The number of aryl methyl sites for hydroxylation is 1. The molecule has 3 amide bonds. The number of hydrogen-bond acceptors (Lipinski definition) is 7. The van der Waals surface area contributed by atoms with Gasteiger partial charge in [0.05, 0.1) is 27.5 Å². The van der Waals surface area contributed by atoms with Gasteiger partial charge in [-0.05, 0) is 65.7 Å². The van der Waals surface area contributed by atoms with Crippen molar-refractivity contribution in [3.05, 3.63) is 89.4 Å². The van der Waals surface area contributed by atoms with Gasteiger partial charge in [-0.2, -0.15) is 0 Å². The second-order valence-corrected chi connectivity index (χ2v) is 12.8. The molecular formula is C30H25ClN4O3S3. The Labute approximate surface area is 254 Å². The molecule has 11 heteroatoms. The van der Waals surface area contributed by atoms with Gasteiger partial charge in [-0.1, -0.05) is 59.8 Å². The Hall–Kier alpha value is -3.57. The second-order valence-electron chi connectivity index (χ2n) is 9.11. The maximum Gasteiger partial charge on any atom is 0.234 e. The largest absolute Gasteiger partial charge is 0.325 e. The summed E-state index contributed by atoms with van der Waals surface area (Å²) in [6.45, 7) is 1.91. The van der Waals surface area contributed by atoms with Gasteiger partial charge in [0, 0.05) is 22.1 Å². The summed E-state index contributed by atoms with van der Waals surface area (Å²) < 4.78 is 1.66. The zero-order valence-corrected chi connectivity index (χ0v) is 25.1. The van der Waals surface area contributed by atoms with Crippen LogP contribution in [0.2, 0.25) is 5.02 Å². The van der Waals surface area contributed by atoms with E-state index in [-0.39, 0.29) is 35.0 Å². The van der Waals surface area contributed by atoms with Gasteiger partial charge in [0.1, 0.15) is 0 Å². The van der Waals surface area contributed by atoms with Crippen molar-refractivity contribution in [2.24, 2.45) is 0 Å². The molecule has 0 radical (unpaired) electrons. The molecular weight excluding hydrogens is 596 g/mol. The van der Waals surface area contributed by atoms with Crippen LogP contribution in [-0.4, -0.2) is 40.0 Å². The molecule has 41 heavy (non-hydrogen) atoms. The standard InChI is InChI=1S/C30H25ClN4O3S3/c1-18-6-8-21(31)13-25(18)34-29(38)17-40-30-35-24-11-10-23(14-26(24)41-30)33-28(37)16-39-15-27(36)32-22-9-7-19-4-2-3-5-20(19)12-22/h2-14H,15-17H2,1H3,(H,32,36)(H,33,37)(H,34,38). The predicted molar refractivity (Wildman–Crippen MR) is 174 cm³/mol. The van der Waals surface area contributed by atoms with Crippen molar-refractivity contribution in [1.29, 1.82) is 0 Å². The highest BCUT2D eigenvalue weighted by atomic mass is 35.5. The first-order valence-electron chi connectivity index (χ1n) is 12.6. The van der Waals surface area contributed by atoms with E-state index in [2.05, 4.69) is 20.9 Å². The number of nitrogens with one attached hydrogen (secondary N) is 3. The summed E-state index contributed by atoms with van der Waals surface area (Å²) in [6, 6.07) is 24.6. The van der Waals surface area contributed by atoms with Crippen LogP contribution in [0.25, 0.3) is 21.0 Å². The third-order valence-corrected chi connectivity index (χ3v) is 9.28. The first-order valence-corrected chi connectivity index (χ1v) is 15.9. The van der Waals surface area contributed by atoms with E-state index in [1.54, 1.807) is 18.2 Å². The van der Waals surface area contributed by atoms with Crippen molar-refractivity contribution in [3.63, 3.8) is 0 Å². The van der Waals surface area contributed by atoms with E-state index in [1.165, 1.54) is 34.9 Å². The molecule has 0 aliphatic heterocycles. The summed E-state index contributed by atoms with van der Waals surface area (Å²) in [7, 11) is 0. The maximum absolute atomic E-state index is 12.5. The Bertz CT molecular complexity index is 1760. The lowest BCUT2D eigenvalue weighted by Crippen LogP contribution is -2.18. The van der Waals surface area contributed by atoms with Crippen LogP contribution >= 0.6 is 46.5 Å². The number of halogens is 1. The van der Waals surface area contributed by atoms with Crippen LogP contribution in [0.15, 0.2) is 83.2 Å². The van der Waals surface area contributed by atoms with Gasteiger partial charge in [0.25, 0.3) is 0 Å². The van der Waals surface area contributed by atoms with E-state index in [0.717, 1.165) is 36.6 Å². The summed E-state index contributed by atoms with van der Waals surface area (Å²) >= 11 is 10.1. The van der Waals surface area contributed by atoms with Gasteiger partial charge in [-0.15, -0.1) is 23.1 Å². The summed E-state index contributed by atoms with van der Waals surface area (Å²) in [6.07, 6.45) is 0. The fourth-order valence-corrected chi connectivity index (χ4v) is 6.68. The topological polar surface area (TPSA) is 100 Å². The molecule has 0 bridgehead atoms. The molecule has 5 aromatic rings. The molecule has 3 N–H and O–H groups in total. The summed E-state index contributed by atoms with van der Waals surface area (Å²) in [5, 5.41) is 11.4. The SMILES string of the molecule is Cc1ccc(Cl)cc1NC(=O)CSc1nc2ccc(NC(=O)CSCC(=O)Nc3ccc4ccccc4c3)cc2s1. The quantitative estimate of drug-likeness (QED) is 0.140. The summed E-state index contributed by atoms with van der Waals surface area (Å²) in [5.41, 5.74) is 3.80. The van der Waals surface area contributed by atoms with Crippen molar-refractivity contribution >= 4 is 102 Å². The van der Waals surface area contributed by atoms with E-state index in [9.17, 15) is 14.4 Å². The number of thiazole rings is 1. The number of aromatic nitrogens is 1. The molecule has 5 rings (SSSR count). The first-order chi connectivity index (χ1) is 19.8. The van der Waals surface area contributed by atoms with E-state index >= 15 is 0 Å². The lowest BCUT2D eigenvalue weighted by atomic mass is 10.1. The molecule has 0 spiro atoms. The number of amides is 3. The lowest BCUT2D eigenvalue weighted by molar-refractivity contribution is -0.114. The third-order valence-electron chi connectivity index (χ3n) is 5.95. The molecule has 4 aromatic carbocycles. The zero-order valence-electron chi connectivity index (χ0n) is 21.9. The molecule has 0 fully saturated rings. The number of benzene rings is 4. The Kier molecular flexibility index (Phi) is 9.45. The monoisotopic (exact) mass is 620 g/mol. The number of thioether (sulfide) groups is 2. The van der Waals surface area contributed by atoms with Gasteiger partial charge in [0.2, 0.25) is 17.7 Å². The lowest BCUT2D eigenvalue weighted by Gasteiger charge is -2.08. The Balaban J connectivity index is 1.07. The molecule has 7 nitrogen and oxygen atoms in total. The van der Waals surface area contributed by atoms with Crippen LogP contribution in [0.5, 0.6) is 0 Å². The van der Waals surface area contributed by atoms with Crippen molar-refractivity contribution in [2.45, 2.75) is 11.3 Å². The molecule has 1 heterocycles. The molecule has 0 saturated heterocycles. The van der Waals surface area contributed by atoms with E-state index in [4.69, 9.17) is 11.6 Å². The minimum absolute atomic E-state index is 0.143. The third kappa shape index (κ3) is 8.01. The van der Waals surface area contributed by atoms with Gasteiger partial charge in [-0.25, -0.2) is 4.98 Å². The molecule has 0 unspecified atom stereocenters. The fourth-order valence-electron chi connectivity index (χ4n) is 3.98. The molecule has 0 aliphatic carbocycles. The number of carbonyl (C=O) groups excluding carboxylic acids is 3. The molecule has 0 atom stereocenters. The van der Waals surface area contributed by atoms with Gasteiger partial charge in [0.15, 0.2) is 4.34 Å². The minimum atomic E-state index is -0.194. The fraction of sp³-hybridized carbons (Fsp3) is 0.133. The summed E-state index contributed by atoms with van der Waals surface area (Å²) in [5.74, 6) is 0.0236. The minimum Gasteiger partial charge on any atom is -0.325 e. The van der Waals surface area contributed by atoms with E-state index < -0.39 is 0 Å². The molecule has 208 valence electrons. The van der Waals surface area contributed by atoms with Gasteiger partial charge in [-0.3, -0.25) is 14.4 Å². The predicted octanol–water partition coefficient (Wildman–Crippen LogP) is 7.45. The van der Waals surface area contributed by atoms with Crippen molar-refractivity contribution < 1.29 is 14.4 Å². The van der Waals surface area contributed by atoms with E-state index in [0.29, 0.717) is 16.4 Å². The smallest absolute Gasteiger partial charge is 0.234 e. The second kappa shape index (κ2) is 13.4. The maximum atomic E-state index is 12.5. The van der Waals surface area contributed by atoms with Crippen LogP contribution in [0.4, 0.5) is 17.1 Å².